The summed E-state index contributed by atoms with van der Waals surface area (Å²) >= 11 is 0. The molecule has 0 aliphatic carbocycles. The van der Waals surface area contributed by atoms with Crippen LogP contribution in [-0.2, 0) is 0 Å². The van der Waals surface area contributed by atoms with Gasteiger partial charge in [0.15, 0.2) is 6.17 Å². The van der Waals surface area contributed by atoms with Crippen LogP contribution < -0.4 is 16.4 Å². The van der Waals surface area contributed by atoms with Gasteiger partial charge < -0.3 is 5.73 Å². The van der Waals surface area contributed by atoms with E-state index in [0.717, 1.165) is 11.3 Å². The van der Waals surface area contributed by atoms with Gasteiger partial charge in [-0.2, -0.15) is 0 Å². The zero-order valence-corrected chi connectivity index (χ0v) is 27.3. The first kappa shape index (κ1) is 29.3. The van der Waals surface area contributed by atoms with Gasteiger partial charge in [0.1, 0.15) is 5.70 Å². The Kier molecular flexibility index (Phi) is 7.19. The Morgan fingerprint density at radius 1 is 0.653 bits per heavy atom. The summed E-state index contributed by atoms with van der Waals surface area (Å²) in [5, 5.41) is 16.2. The molecule has 3 unspecified atom stereocenters. The van der Waals surface area contributed by atoms with Crippen molar-refractivity contribution in [2.75, 3.05) is 0 Å². The van der Waals surface area contributed by atoms with Crippen molar-refractivity contribution in [2.24, 2.45) is 10.7 Å². The monoisotopic (exact) mass is 633 g/mol. The maximum absolute atomic E-state index is 7.03. The number of nitrogens with zero attached hydrogens (tertiary/aromatic N) is 1. The van der Waals surface area contributed by atoms with Crippen LogP contribution >= 0.6 is 0 Å². The van der Waals surface area contributed by atoms with E-state index < -0.39 is 0 Å². The van der Waals surface area contributed by atoms with E-state index in [4.69, 9.17) is 10.7 Å². The van der Waals surface area contributed by atoms with Gasteiger partial charge in [-0.3, -0.25) is 15.6 Å². The Hall–Kier alpha value is -5.81. The second-order valence-electron chi connectivity index (χ2n) is 13.2. The van der Waals surface area contributed by atoms with E-state index in [1.165, 1.54) is 71.0 Å². The molecule has 5 N–H and O–H groups in total. The van der Waals surface area contributed by atoms with Crippen molar-refractivity contribution in [3.05, 3.63) is 185 Å². The number of benzene rings is 7. The zero-order valence-electron chi connectivity index (χ0n) is 27.3. The Balaban J connectivity index is 1.19. The predicted molar refractivity (Wildman–Crippen MR) is 205 cm³/mol. The van der Waals surface area contributed by atoms with Crippen molar-refractivity contribution in [3.8, 4) is 0 Å². The minimum atomic E-state index is -0.191. The quantitative estimate of drug-likeness (QED) is 0.131. The highest BCUT2D eigenvalue weighted by atomic mass is 15.2. The molecule has 2 aliphatic rings. The molecule has 3 atom stereocenters. The second kappa shape index (κ2) is 12.0. The molecule has 7 aromatic carbocycles. The average Bonchev–Trinajstić information content (AvgIpc) is 3.60. The lowest BCUT2D eigenvalue weighted by Gasteiger charge is -2.30. The second-order valence-corrected chi connectivity index (χ2v) is 13.2. The summed E-state index contributed by atoms with van der Waals surface area (Å²) < 4.78 is 0. The standard InChI is InChI=1S/C45H36N4/c1-28(44-34-17-7-4-14-31(34)27-47-44)22-23-41(46)45-48-42(39-24-29-12-2-5-15-32(29)35-18-8-10-20-37(35)39)26-43(49-45)40-25-30-13-3-6-16-33(30)36-19-9-11-21-38(36)40/h2-27,42,44-45,48-49H,46H2,1H3/p+1/b28-22+,41-23-. The van der Waals surface area contributed by atoms with Crippen LogP contribution in [0.1, 0.15) is 41.3 Å². The molecular formula is C45H37N4+. The maximum atomic E-state index is 7.03. The molecule has 49 heavy (non-hydrogen) atoms. The molecule has 0 aromatic heterocycles. The molecule has 0 saturated carbocycles. The highest BCUT2D eigenvalue weighted by Gasteiger charge is 2.31. The van der Waals surface area contributed by atoms with Gasteiger partial charge in [0.25, 0.3) is 0 Å². The van der Waals surface area contributed by atoms with Crippen LogP contribution in [0.5, 0.6) is 0 Å². The molecule has 0 radical (unpaired) electrons. The smallest absolute Gasteiger partial charge is 0.186 e. The van der Waals surface area contributed by atoms with Gasteiger partial charge >= 0.3 is 0 Å². The number of rotatable bonds is 5. The van der Waals surface area contributed by atoms with Crippen molar-refractivity contribution < 1.29 is 5.32 Å². The van der Waals surface area contributed by atoms with E-state index in [1.807, 2.05) is 6.21 Å². The zero-order chi connectivity index (χ0) is 32.9. The van der Waals surface area contributed by atoms with Crippen LogP contribution in [0.2, 0.25) is 0 Å². The molecule has 7 aromatic rings. The summed E-state index contributed by atoms with van der Waals surface area (Å²) in [7, 11) is 0. The molecule has 9 rings (SSSR count). The lowest BCUT2D eigenvalue weighted by atomic mass is 9.90. The number of fused-ring (bicyclic) bond motifs is 7. The summed E-state index contributed by atoms with van der Waals surface area (Å²) in [6.07, 6.45) is 8.38. The third-order valence-corrected chi connectivity index (χ3v) is 10.2. The fourth-order valence-corrected chi connectivity index (χ4v) is 7.79. The maximum Gasteiger partial charge on any atom is 0.186 e. The molecule has 0 spiro atoms. The van der Waals surface area contributed by atoms with E-state index in [9.17, 15) is 0 Å². The summed E-state index contributed by atoms with van der Waals surface area (Å²) in [6.45, 7) is 2.14. The molecule has 0 saturated heterocycles. The Morgan fingerprint density at radius 3 is 2.00 bits per heavy atom. The third-order valence-electron chi connectivity index (χ3n) is 10.2. The van der Waals surface area contributed by atoms with Gasteiger partial charge in [-0.05, 0) is 96.6 Å². The Morgan fingerprint density at radius 2 is 1.24 bits per heavy atom. The number of nitrogens with one attached hydrogen (secondary N) is 1. The lowest BCUT2D eigenvalue weighted by Crippen LogP contribution is -2.93. The Labute approximate surface area is 286 Å². The van der Waals surface area contributed by atoms with E-state index >= 15 is 0 Å². The van der Waals surface area contributed by atoms with Gasteiger partial charge in [0.05, 0.1) is 17.8 Å². The van der Waals surface area contributed by atoms with Crippen LogP contribution in [0.15, 0.2) is 168 Å². The highest BCUT2D eigenvalue weighted by Crippen LogP contribution is 2.37. The highest BCUT2D eigenvalue weighted by molar-refractivity contribution is 6.12. The van der Waals surface area contributed by atoms with Crippen LogP contribution in [-0.4, -0.2) is 12.4 Å². The van der Waals surface area contributed by atoms with E-state index in [0.29, 0.717) is 0 Å². The SMILES string of the molecule is C/C(=C\C=C(/N)C1NC(c2cc3ccccc3c3ccccc23)C=C(c2cc3ccccc3c3ccccc23)[NH2+]1)C1N=Cc2ccccc21. The fraction of sp³-hybridized carbons (Fsp3) is 0.0889. The van der Waals surface area contributed by atoms with Crippen LogP contribution in [0.3, 0.4) is 0 Å². The first-order chi connectivity index (χ1) is 24.1. The fourth-order valence-electron chi connectivity index (χ4n) is 7.79. The minimum Gasteiger partial charge on any atom is -0.396 e. The summed E-state index contributed by atoms with van der Waals surface area (Å²) in [5.41, 5.74) is 15.0. The topological polar surface area (TPSA) is 67.0 Å². The van der Waals surface area contributed by atoms with Gasteiger partial charge in [0.2, 0.25) is 0 Å². The summed E-state index contributed by atoms with van der Waals surface area (Å²) in [5.74, 6) is 0. The number of quaternary nitrogens is 1. The molecule has 2 heterocycles. The first-order valence-electron chi connectivity index (χ1n) is 17.0. The molecular weight excluding hydrogens is 597 g/mol. The largest absolute Gasteiger partial charge is 0.396 e. The van der Waals surface area contributed by atoms with Gasteiger partial charge in [0, 0.05) is 11.8 Å². The van der Waals surface area contributed by atoms with Crippen LogP contribution in [0.25, 0.3) is 48.8 Å². The Bertz CT molecular complexity index is 2550. The number of hydrogen-bond acceptors (Lipinski definition) is 3. The van der Waals surface area contributed by atoms with E-state index in [2.05, 4.69) is 169 Å². The predicted octanol–water partition coefficient (Wildman–Crippen LogP) is 8.84. The normalized spacial score (nSPS) is 19.5. The van der Waals surface area contributed by atoms with Crippen molar-refractivity contribution >= 4 is 55.0 Å². The van der Waals surface area contributed by atoms with Gasteiger partial charge in [-0.25, -0.2) is 0 Å². The number of allylic oxidation sites excluding steroid dienone is 2. The van der Waals surface area contributed by atoms with Gasteiger partial charge in [-0.15, -0.1) is 0 Å². The molecule has 4 heteroatoms. The van der Waals surface area contributed by atoms with E-state index in [1.54, 1.807) is 0 Å². The summed E-state index contributed by atoms with van der Waals surface area (Å²) in [6, 6.07) is 47.9. The minimum absolute atomic E-state index is 0.0136. The van der Waals surface area contributed by atoms with Crippen molar-refractivity contribution in [1.82, 2.24) is 5.32 Å². The third kappa shape index (κ3) is 5.14. The van der Waals surface area contributed by atoms with Crippen LogP contribution in [0.4, 0.5) is 0 Å². The summed E-state index contributed by atoms with van der Waals surface area (Å²) in [4.78, 5) is 4.81. The number of aliphatic imine (C=N–C) groups is 1. The van der Waals surface area contributed by atoms with Crippen molar-refractivity contribution in [1.29, 1.82) is 0 Å². The number of hydrogen-bond donors (Lipinski definition) is 3. The molecule has 2 aliphatic heterocycles. The molecule has 236 valence electrons. The number of nitrogens with two attached hydrogens (primary N) is 2. The molecule has 4 nitrogen and oxygen atoms in total. The van der Waals surface area contributed by atoms with Crippen LogP contribution in [0, 0.1) is 0 Å². The lowest BCUT2D eigenvalue weighted by molar-refractivity contribution is -0.604. The van der Waals surface area contributed by atoms with E-state index in [-0.39, 0.29) is 18.2 Å². The first-order valence-corrected chi connectivity index (χ1v) is 17.0. The molecule has 0 bridgehead atoms. The molecule has 0 fully saturated rings. The van der Waals surface area contributed by atoms with Crippen molar-refractivity contribution in [3.63, 3.8) is 0 Å². The van der Waals surface area contributed by atoms with Crippen molar-refractivity contribution in [2.45, 2.75) is 25.2 Å². The van der Waals surface area contributed by atoms with Gasteiger partial charge in [-0.1, -0.05) is 127 Å². The average molecular weight is 634 g/mol. The molecule has 0 amide bonds.